The second kappa shape index (κ2) is 8.84. The summed E-state index contributed by atoms with van der Waals surface area (Å²) in [6.45, 7) is 9.57. The average Bonchev–Trinajstić information content (AvgIpc) is 2.39. The van der Waals surface area contributed by atoms with E-state index in [4.69, 9.17) is 23.2 Å². The molecule has 0 aliphatic rings. The molecule has 0 unspecified atom stereocenters. The van der Waals surface area contributed by atoms with E-state index in [-0.39, 0.29) is 0 Å². The van der Waals surface area contributed by atoms with Crippen molar-refractivity contribution >= 4 is 23.2 Å². The second-order valence-corrected chi connectivity index (χ2v) is 6.03. The van der Waals surface area contributed by atoms with E-state index in [0.717, 1.165) is 26.1 Å². The Morgan fingerprint density at radius 1 is 1.05 bits per heavy atom. The van der Waals surface area contributed by atoms with Gasteiger partial charge in [0, 0.05) is 24.8 Å². The second-order valence-electron chi connectivity index (χ2n) is 5.27. The van der Waals surface area contributed by atoms with Gasteiger partial charge in [-0.15, -0.1) is 23.2 Å². The molecule has 0 N–H and O–H groups in total. The Hall–Kier alpha value is -0.240. The van der Waals surface area contributed by atoms with Crippen molar-refractivity contribution < 1.29 is 0 Å². The molecule has 0 heterocycles. The third kappa shape index (κ3) is 5.72. The lowest BCUT2D eigenvalue weighted by molar-refractivity contribution is 0.295. The van der Waals surface area contributed by atoms with E-state index in [1.54, 1.807) is 0 Å². The van der Waals surface area contributed by atoms with Gasteiger partial charge in [0.25, 0.3) is 0 Å². The molecule has 0 saturated carbocycles. The van der Waals surface area contributed by atoms with Gasteiger partial charge in [0.1, 0.15) is 0 Å². The molecule has 0 fully saturated rings. The SMILES string of the molecule is Cc1ccc(C)c([C@@H](C)CCN(CCCl)CCCl)c1. The highest BCUT2D eigenvalue weighted by Gasteiger charge is 2.11. The Bertz CT molecular complexity index is 373. The van der Waals surface area contributed by atoms with Crippen molar-refractivity contribution in [3.8, 4) is 0 Å². The summed E-state index contributed by atoms with van der Waals surface area (Å²) in [5.74, 6) is 1.93. The van der Waals surface area contributed by atoms with E-state index in [2.05, 4.69) is 43.9 Å². The third-order valence-corrected chi connectivity index (χ3v) is 3.98. The lowest BCUT2D eigenvalue weighted by Gasteiger charge is -2.23. The normalized spacial score (nSPS) is 12.9. The lowest BCUT2D eigenvalue weighted by atomic mass is 9.92. The summed E-state index contributed by atoms with van der Waals surface area (Å²) in [6.07, 6.45) is 1.15. The first-order valence-corrected chi connectivity index (χ1v) is 8.06. The Balaban J connectivity index is 2.58. The molecule has 0 aliphatic heterocycles. The molecule has 0 spiro atoms. The summed E-state index contributed by atoms with van der Waals surface area (Å²) in [5.41, 5.74) is 4.20. The van der Waals surface area contributed by atoms with Gasteiger partial charge in [-0.05, 0) is 43.9 Å². The molecule has 0 radical (unpaired) electrons. The Labute approximate surface area is 127 Å². The van der Waals surface area contributed by atoms with Crippen molar-refractivity contribution in [2.45, 2.75) is 33.1 Å². The van der Waals surface area contributed by atoms with Crippen LogP contribution in [0.25, 0.3) is 0 Å². The first-order valence-electron chi connectivity index (χ1n) is 7.00. The summed E-state index contributed by atoms with van der Waals surface area (Å²) in [5, 5.41) is 0. The van der Waals surface area contributed by atoms with Crippen molar-refractivity contribution in [2.24, 2.45) is 0 Å². The summed E-state index contributed by atoms with van der Waals surface area (Å²) in [6, 6.07) is 6.71. The van der Waals surface area contributed by atoms with Crippen molar-refractivity contribution in [3.63, 3.8) is 0 Å². The molecule has 0 bridgehead atoms. The van der Waals surface area contributed by atoms with Gasteiger partial charge in [-0.3, -0.25) is 0 Å². The first-order chi connectivity index (χ1) is 9.08. The quantitative estimate of drug-likeness (QED) is 0.635. The highest BCUT2D eigenvalue weighted by molar-refractivity contribution is 6.18. The number of hydrogen-bond acceptors (Lipinski definition) is 1. The zero-order valence-electron chi connectivity index (χ0n) is 12.3. The topological polar surface area (TPSA) is 3.24 Å². The minimum Gasteiger partial charge on any atom is -0.301 e. The van der Waals surface area contributed by atoms with Crippen LogP contribution in [0.5, 0.6) is 0 Å². The van der Waals surface area contributed by atoms with Crippen LogP contribution in [0.3, 0.4) is 0 Å². The molecule has 0 amide bonds. The average molecular weight is 302 g/mol. The summed E-state index contributed by atoms with van der Waals surface area (Å²) >= 11 is 11.7. The monoisotopic (exact) mass is 301 g/mol. The van der Waals surface area contributed by atoms with E-state index in [0.29, 0.717) is 17.7 Å². The molecule has 1 rings (SSSR count). The van der Waals surface area contributed by atoms with Crippen LogP contribution in [-0.4, -0.2) is 36.3 Å². The fourth-order valence-electron chi connectivity index (χ4n) is 2.40. The third-order valence-electron chi connectivity index (χ3n) is 3.65. The lowest BCUT2D eigenvalue weighted by Crippen LogP contribution is -2.29. The number of halogens is 2. The summed E-state index contributed by atoms with van der Waals surface area (Å²) in [4.78, 5) is 2.35. The van der Waals surface area contributed by atoms with Gasteiger partial charge in [-0.1, -0.05) is 30.7 Å². The molecule has 1 aromatic carbocycles. The molecule has 19 heavy (non-hydrogen) atoms. The highest BCUT2D eigenvalue weighted by atomic mass is 35.5. The molecule has 1 aromatic rings. The predicted molar refractivity (Wildman–Crippen MR) is 86.8 cm³/mol. The smallest absolute Gasteiger partial charge is 0.0351 e. The largest absolute Gasteiger partial charge is 0.301 e. The molecule has 0 aliphatic carbocycles. The van der Waals surface area contributed by atoms with Gasteiger partial charge in [0.2, 0.25) is 0 Å². The van der Waals surface area contributed by atoms with E-state index in [1.165, 1.54) is 16.7 Å². The molecule has 1 nitrogen and oxygen atoms in total. The number of hydrogen-bond donors (Lipinski definition) is 0. The van der Waals surface area contributed by atoms with Crippen molar-refractivity contribution in [2.75, 3.05) is 31.4 Å². The number of alkyl halides is 2. The van der Waals surface area contributed by atoms with Crippen molar-refractivity contribution in [1.29, 1.82) is 0 Å². The van der Waals surface area contributed by atoms with Crippen LogP contribution in [0.1, 0.15) is 36.0 Å². The van der Waals surface area contributed by atoms with Crippen LogP contribution in [0.15, 0.2) is 18.2 Å². The highest BCUT2D eigenvalue weighted by Crippen LogP contribution is 2.24. The van der Waals surface area contributed by atoms with Crippen LogP contribution in [0.4, 0.5) is 0 Å². The van der Waals surface area contributed by atoms with Crippen LogP contribution < -0.4 is 0 Å². The van der Waals surface area contributed by atoms with Gasteiger partial charge in [-0.25, -0.2) is 0 Å². The van der Waals surface area contributed by atoms with E-state index < -0.39 is 0 Å². The van der Waals surface area contributed by atoms with Gasteiger partial charge < -0.3 is 4.90 Å². The molecule has 3 heteroatoms. The van der Waals surface area contributed by atoms with Crippen LogP contribution in [0.2, 0.25) is 0 Å². The maximum absolute atomic E-state index is 5.83. The fourth-order valence-corrected chi connectivity index (χ4v) is 2.88. The zero-order valence-corrected chi connectivity index (χ0v) is 13.8. The summed E-state index contributed by atoms with van der Waals surface area (Å²) in [7, 11) is 0. The molecule has 0 aromatic heterocycles. The van der Waals surface area contributed by atoms with Gasteiger partial charge in [0.05, 0.1) is 0 Å². The Morgan fingerprint density at radius 3 is 2.26 bits per heavy atom. The number of nitrogens with zero attached hydrogens (tertiary/aromatic N) is 1. The van der Waals surface area contributed by atoms with Crippen LogP contribution >= 0.6 is 23.2 Å². The van der Waals surface area contributed by atoms with Crippen molar-refractivity contribution in [1.82, 2.24) is 4.90 Å². The van der Waals surface area contributed by atoms with Gasteiger partial charge in [0.15, 0.2) is 0 Å². The molecule has 108 valence electrons. The number of benzene rings is 1. The minimum absolute atomic E-state index is 0.577. The maximum Gasteiger partial charge on any atom is 0.0351 e. The number of aryl methyl sites for hydroxylation is 2. The predicted octanol–water partition coefficient (Wildman–Crippen LogP) is 4.58. The molecular formula is C16H25Cl2N. The molecular weight excluding hydrogens is 277 g/mol. The maximum atomic E-state index is 5.83. The van der Waals surface area contributed by atoms with Crippen molar-refractivity contribution in [3.05, 3.63) is 34.9 Å². The fraction of sp³-hybridized carbons (Fsp3) is 0.625. The van der Waals surface area contributed by atoms with E-state index >= 15 is 0 Å². The Kier molecular flexibility index (Phi) is 7.82. The van der Waals surface area contributed by atoms with E-state index in [1.807, 2.05) is 0 Å². The molecule has 1 atom stereocenters. The van der Waals surface area contributed by atoms with E-state index in [9.17, 15) is 0 Å². The van der Waals surface area contributed by atoms with Crippen LogP contribution in [-0.2, 0) is 0 Å². The molecule has 0 saturated heterocycles. The first kappa shape index (κ1) is 16.8. The van der Waals surface area contributed by atoms with Gasteiger partial charge >= 0.3 is 0 Å². The standard InChI is InChI=1S/C16H25Cl2N/c1-13-4-5-14(2)16(12-13)15(3)6-9-19(10-7-17)11-8-18/h4-5,12,15H,6-11H2,1-3H3/t15-/m0/s1. The van der Waals surface area contributed by atoms with Crippen LogP contribution in [0, 0.1) is 13.8 Å². The minimum atomic E-state index is 0.577. The summed E-state index contributed by atoms with van der Waals surface area (Å²) < 4.78 is 0. The van der Waals surface area contributed by atoms with Gasteiger partial charge in [-0.2, -0.15) is 0 Å². The number of rotatable bonds is 8. The Morgan fingerprint density at radius 2 is 1.68 bits per heavy atom. The zero-order chi connectivity index (χ0) is 14.3.